The second-order valence-electron chi connectivity index (χ2n) is 6.10. The Balaban J connectivity index is 2.03. The lowest BCUT2D eigenvalue weighted by Crippen LogP contribution is -2.23. The number of hydrogen-bond donors (Lipinski definition) is 1. The van der Waals surface area contributed by atoms with Gasteiger partial charge in [0.1, 0.15) is 5.82 Å². The maximum Gasteiger partial charge on any atom is 0.251 e. The van der Waals surface area contributed by atoms with Crippen molar-refractivity contribution >= 4 is 5.91 Å². The molecule has 0 heterocycles. The van der Waals surface area contributed by atoms with Gasteiger partial charge >= 0.3 is 0 Å². The number of amides is 1. The standard InChI is InChI=1S/C18H20FNO/c1-18(2,3)15-10-8-13(9-11-15)17(21)20-12-14-6-4-5-7-16(14)19/h4-11H,12H2,1-3H3,(H,20,21). The van der Waals surface area contributed by atoms with Gasteiger partial charge in [-0.2, -0.15) is 0 Å². The minimum Gasteiger partial charge on any atom is -0.348 e. The molecule has 2 nitrogen and oxygen atoms in total. The van der Waals surface area contributed by atoms with E-state index in [1.165, 1.54) is 11.6 Å². The van der Waals surface area contributed by atoms with E-state index in [4.69, 9.17) is 0 Å². The van der Waals surface area contributed by atoms with Crippen molar-refractivity contribution in [2.24, 2.45) is 0 Å². The Morgan fingerprint density at radius 2 is 1.67 bits per heavy atom. The van der Waals surface area contributed by atoms with Crippen LogP contribution in [-0.2, 0) is 12.0 Å². The maximum absolute atomic E-state index is 13.5. The fraction of sp³-hybridized carbons (Fsp3) is 0.278. The van der Waals surface area contributed by atoms with Crippen molar-refractivity contribution in [3.63, 3.8) is 0 Å². The monoisotopic (exact) mass is 285 g/mol. The summed E-state index contributed by atoms with van der Waals surface area (Å²) in [5.74, 6) is -0.500. The van der Waals surface area contributed by atoms with Crippen molar-refractivity contribution in [1.82, 2.24) is 5.32 Å². The fourth-order valence-corrected chi connectivity index (χ4v) is 2.04. The normalized spacial score (nSPS) is 11.2. The first-order valence-corrected chi connectivity index (χ1v) is 7.00. The molecule has 2 aromatic carbocycles. The number of carbonyl (C=O) groups excluding carboxylic acids is 1. The summed E-state index contributed by atoms with van der Waals surface area (Å²) in [6.45, 7) is 6.56. The summed E-state index contributed by atoms with van der Waals surface area (Å²) in [5.41, 5.74) is 2.30. The SMILES string of the molecule is CC(C)(C)c1ccc(C(=O)NCc2ccccc2F)cc1. The zero-order valence-corrected chi connectivity index (χ0v) is 12.6. The molecule has 21 heavy (non-hydrogen) atoms. The average molecular weight is 285 g/mol. The lowest BCUT2D eigenvalue weighted by atomic mass is 9.87. The predicted molar refractivity (Wildman–Crippen MR) is 82.7 cm³/mol. The quantitative estimate of drug-likeness (QED) is 0.905. The van der Waals surface area contributed by atoms with Crippen LogP contribution < -0.4 is 5.32 Å². The molecular formula is C18H20FNO. The van der Waals surface area contributed by atoms with Crippen LogP contribution in [0, 0.1) is 5.82 Å². The first-order chi connectivity index (χ1) is 9.88. The van der Waals surface area contributed by atoms with Crippen LogP contribution in [0.5, 0.6) is 0 Å². The van der Waals surface area contributed by atoms with E-state index in [2.05, 4.69) is 26.1 Å². The van der Waals surface area contributed by atoms with E-state index in [1.54, 1.807) is 30.3 Å². The number of nitrogens with one attached hydrogen (secondary N) is 1. The van der Waals surface area contributed by atoms with E-state index in [0.29, 0.717) is 11.1 Å². The molecule has 0 bridgehead atoms. The van der Waals surface area contributed by atoms with Crippen LogP contribution in [0.15, 0.2) is 48.5 Å². The van der Waals surface area contributed by atoms with E-state index < -0.39 is 0 Å². The Morgan fingerprint density at radius 3 is 2.24 bits per heavy atom. The van der Waals surface area contributed by atoms with Gasteiger partial charge in [-0.1, -0.05) is 51.1 Å². The van der Waals surface area contributed by atoms with Gasteiger partial charge in [0.25, 0.3) is 5.91 Å². The minimum absolute atomic E-state index is 0.0577. The first-order valence-electron chi connectivity index (χ1n) is 7.00. The van der Waals surface area contributed by atoms with Gasteiger partial charge in [-0.3, -0.25) is 4.79 Å². The molecule has 1 amide bonds. The Kier molecular flexibility index (Phi) is 4.41. The molecule has 3 heteroatoms. The number of halogens is 1. The van der Waals surface area contributed by atoms with Crippen molar-refractivity contribution in [2.45, 2.75) is 32.7 Å². The van der Waals surface area contributed by atoms with E-state index >= 15 is 0 Å². The molecule has 2 rings (SSSR count). The van der Waals surface area contributed by atoms with Crippen LogP contribution in [0.25, 0.3) is 0 Å². The molecule has 0 atom stereocenters. The van der Waals surface area contributed by atoms with Crippen molar-refractivity contribution in [1.29, 1.82) is 0 Å². The van der Waals surface area contributed by atoms with Crippen LogP contribution in [0.2, 0.25) is 0 Å². The summed E-state index contributed by atoms with van der Waals surface area (Å²) in [6, 6.07) is 14.0. The van der Waals surface area contributed by atoms with E-state index in [-0.39, 0.29) is 23.7 Å². The molecule has 0 aliphatic rings. The smallest absolute Gasteiger partial charge is 0.251 e. The molecule has 0 aromatic heterocycles. The van der Waals surface area contributed by atoms with Crippen LogP contribution in [-0.4, -0.2) is 5.91 Å². The van der Waals surface area contributed by atoms with Crippen molar-refractivity contribution in [3.8, 4) is 0 Å². The highest BCUT2D eigenvalue weighted by atomic mass is 19.1. The van der Waals surface area contributed by atoms with Gasteiger partial charge in [-0.25, -0.2) is 4.39 Å². The molecule has 0 fully saturated rings. The molecule has 2 aromatic rings. The summed E-state index contributed by atoms with van der Waals surface area (Å²) in [7, 11) is 0. The van der Waals surface area contributed by atoms with E-state index in [0.717, 1.165) is 0 Å². The largest absolute Gasteiger partial charge is 0.348 e. The van der Waals surface area contributed by atoms with Crippen LogP contribution in [0.4, 0.5) is 4.39 Å². The highest BCUT2D eigenvalue weighted by molar-refractivity contribution is 5.94. The lowest BCUT2D eigenvalue weighted by molar-refractivity contribution is 0.0950. The molecule has 0 saturated carbocycles. The molecule has 0 radical (unpaired) electrons. The molecule has 0 aliphatic carbocycles. The summed E-state index contributed by atoms with van der Waals surface area (Å²) >= 11 is 0. The zero-order valence-electron chi connectivity index (χ0n) is 12.6. The van der Waals surface area contributed by atoms with Gasteiger partial charge in [0.2, 0.25) is 0 Å². The average Bonchev–Trinajstić information content (AvgIpc) is 2.45. The van der Waals surface area contributed by atoms with Crippen molar-refractivity contribution < 1.29 is 9.18 Å². The maximum atomic E-state index is 13.5. The van der Waals surface area contributed by atoms with Crippen LogP contribution >= 0.6 is 0 Å². The summed E-state index contributed by atoms with van der Waals surface area (Å²) in [4.78, 5) is 12.1. The molecule has 0 unspecified atom stereocenters. The predicted octanol–water partition coefficient (Wildman–Crippen LogP) is 4.05. The Labute approximate surface area is 125 Å². The van der Waals surface area contributed by atoms with Gasteiger partial charge in [0.05, 0.1) is 0 Å². The number of rotatable bonds is 3. The van der Waals surface area contributed by atoms with E-state index in [9.17, 15) is 9.18 Å². The number of hydrogen-bond acceptors (Lipinski definition) is 1. The van der Waals surface area contributed by atoms with Crippen molar-refractivity contribution in [3.05, 3.63) is 71.0 Å². The summed E-state index contributed by atoms with van der Waals surface area (Å²) in [6.07, 6.45) is 0. The third-order valence-corrected chi connectivity index (χ3v) is 3.41. The molecule has 110 valence electrons. The first kappa shape index (κ1) is 15.2. The van der Waals surface area contributed by atoms with Gasteiger partial charge in [0, 0.05) is 17.7 Å². The zero-order chi connectivity index (χ0) is 15.5. The molecule has 0 spiro atoms. The number of benzene rings is 2. The molecule has 1 N–H and O–H groups in total. The Hall–Kier alpha value is -2.16. The minimum atomic E-state index is -0.305. The second-order valence-corrected chi connectivity index (χ2v) is 6.10. The van der Waals surface area contributed by atoms with Gasteiger partial charge in [-0.05, 0) is 29.2 Å². The van der Waals surface area contributed by atoms with Crippen LogP contribution in [0.1, 0.15) is 42.3 Å². The van der Waals surface area contributed by atoms with Gasteiger partial charge in [-0.15, -0.1) is 0 Å². The second kappa shape index (κ2) is 6.08. The molecule has 0 saturated heterocycles. The van der Waals surface area contributed by atoms with Crippen LogP contribution in [0.3, 0.4) is 0 Å². The fourth-order valence-electron chi connectivity index (χ4n) is 2.04. The third-order valence-electron chi connectivity index (χ3n) is 3.41. The summed E-state index contributed by atoms with van der Waals surface area (Å²) in [5, 5.41) is 2.74. The van der Waals surface area contributed by atoms with Gasteiger partial charge < -0.3 is 5.32 Å². The Bertz CT molecular complexity index is 626. The van der Waals surface area contributed by atoms with Gasteiger partial charge in [0.15, 0.2) is 0 Å². The highest BCUT2D eigenvalue weighted by Gasteiger charge is 2.14. The van der Waals surface area contributed by atoms with E-state index in [1.807, 2.05) is 12.1 Å². The topological polar surface area (TPSA) is 29.1 Å². The van der Waals surface area contributed by atoms with Crippen molar-refractivity contribution in [2.75, 3.05) is 0 Å². The summed E-state index contributed by atoms with van der Waals surface area (Å²) < 4.78 is 13.5. The number of carbonyl (C=O) groups is 1. The third kappa shape index (κ3) is 3.91. The molecule has 0 aliphatic heterocycles. The highest BCUT2D eigenvalue weighted by Crippen LogP contribution is 2.22. The lowest BCUT2D eigenvalue weighted by Gasteiger charge is -2.19. The molecular weight excluding hydrogens is 265 g/mol. The Morgan fingerprint density at radius 1 is 1.05 bits per heavy atom.